The smallest absolute Gasteiger partial charge is 0.123 e. The summed E-state index contributed by atoms with van der Waals surface area (Å²) in [6.07, 6.45) is 8.61. The van der Waals surface area contributed by atoms with E-state index < -0.39 is 0 Å². The molecule has 3 unspecified atom stereocenters. The first-order valence-electron chi connectivity index (χ1n) is 11.2. The molecule has 1 N–H and O–H groups in total. The van der Waals surface area contributed by atoms with Crippen LogP contribution in [0, 0.1) is 24.1 Å². The van der Waals surface area contributed by atoms with Crippen LogP contribution in [0.4, 0.5) is 4.39 Å². The minimum Gasteiger partial charge on any atom is -0.392 e. The highest BCUT2D eigenvalue weighted by Crippen LogP contribution is 2.52. The summed E-state index contributed by atoms with van der Waals surface area (Å²) >= 11 is 0. The lowest BCUT2D eigenvalue weighted by Gasteiger charge is -2.47. The molecule has 5 rings (SSSR count). The maximum Gasteiger partial charge on any atom is 0.123 e. The van der Waals surface area contributed by atoms with Crippen molar-refractivity contribution in [2.45, 2.75) is 52.1 Å². The summed E-state index contributed by atoms with van der Waals surface area (Å²) in [4.78, 5) is 0. The second kappa shape index (κ2) is 7.76. The van der Waals surface area contributed by atoms with Crippen LogP contribution in [0.2, 0.25) is 0 Å². The van der Waals surface area contributed by atoms with Crippen molar-refractivity contribution in [3.8, 4) is 5.69 Å². The lowest BCUT2D eigenvalue weighted by molar-refractivity contribution is 0.0234. The second-order valence-electron chi connectivity index (χ2n) is 9.46. The van der Waals surface area contributed by atoms with Crippen LogP contribution in [-0.4, -0.2) is 21.0 Å². The predicted octanol–water partition coefficient (Wildman–Crippen LogP) is 5.67. The van der Waals surface area contributed by atoms with Gasteiger partial charge in [-0.15, -0.1) is 0 Å². The summed E-state index contributed by atoms with van der Waals surface area (Å²) < 4.78 is 15.3. The number of aliphatic hydroxyl groups is 1. The zero-order chi connectivity index (χ0) is 21.6. The second-order valence-corrected chi connectivity index (χ2v) is 9.46. The molecular formula is C27H29FN2O. The van der Waals surface area contributed by atoms with Crippen molar-refractivity contribution < 1.29 is 9.50 Å². The van der Waals surface area contributed by atoms with E-state index in [0.717, 1.165) is 37.1 Å². The van der Waals surface area contributed by atoms with Gasteiger partial charge in [-0.1, -0.05) is 42.3 Å². The van der Waals surface area contributed by atoms with Gasteiger partial charge in [-0.2, -0.15) is 5.10 Å². The normalized spacial score (nSPS) is 23.6. The van der Waals surface area contributed by atoms with Crippen molar-refractivity contribution in [1.82, 2.24) is 9.78 Å². The molecule has 3 nitrogen and oxygen atoms in total. The Kier molecular flexibility index (Phi) is 5.05. The summed E-state index contributed by atoms with van der Waals surface area (Å²) in [7, 11) is 0. The highest BCUT2D eigenvalue weighted by Gasteiger charge is 2.46. The Morgan fingerprint density at radius 2 is 1.90 bits per heavy atom. The van der Waals surface area contributed by atoms with Gasteiger partial charge >= 0.3 is 0 Å². The fourth-order valence-corrected chi connectivity index (χ4v) is 5.59. The summed E-state index contributed by atoms with van der Waals surface area (Å²) in [6, 6.07) is 15.0. The maximum atomic E-state index is 13.4. The predicted molar refractivity (Wildman–Crippen MR) is 122 cm³/mol. The monoisotopic (exact) mass is 416 g/mol. The zero-order valence-electron chi connectivity index (χ0n) is 18.2. The van der Waals surface area contributed by atoms with Crippen LogP contribution in [0.5, 0.6) is 0 Å². The molecular weight excluding hydrogens is 387 g/mol. The average molecular weight is 417 g/mol. The lowest BCUT2D eigenvalue weighted by Crippen LogP contribution is -2.43. The highest BCUT2D eigenvalue weighted by atomic mass is 19.1. The van der Waals surface area contributed by atoms with Gasteiger partial charge in [0.2, 0.25) is 0 Å². The molecule has 160 valence electrons. The standard InChI is InChI=1S/C27H29FN2O/c1-18-6-8-19(9-7-18)14-26(31)24-5-3-4-21-15-25-20(16-27(21,24)2)17-29-30(25)23-12-10-22(28)11-13-23/h6-13,15,17,24,26,31H,3-5,14,16H2,1-2H3. The number of allylic oxidation sites excluding steroid dienone is 1. The average Bonchev–Trinajstić information content (AvgIpc) is 3.15. The summed E-state index contributed by atoms with van der Waals surface area (Å²) in [5, 5.41) is 15.9. The molecule has 0 saturated heterocycles. The third-order valence-electron chi connectivity index (χ3n) is 7.37. The lowest BCUT2D eigenvalue weighted by atomic mass is 9.58. The van der Waals surface area contributed by atoms with Crippen molar-refractivity contribution in [1.29, 1.82) is 0 Å². The first kappa shape index (κ1) is 20.2. The number of halogens is 1. The van der Waals surface area contributed by atoms with Gasteiger partial charge in [-0.3, -0.25) is 0 Å². The number of hydrogen-bond donors (Lipinski definition) is 1. The number of benzene rings is 2. The molecule has 1 heterocycles. The molecule has 4 heteroatoms. The minimum absolute atomic E-state index is 0.0635. The number of aromatic nitrogens is 2. The summed E-state index contributed by atoms with van der Waals surface area (Å²) in [6.45, 7) is 4.41. The van der Waals surface area contributed by atoms with Crippen LogP contribution in [0.1, 0.15) is 48.6 Å². The molecule has 0 aliphatic heterocycles. The fourth-order valence-electron chi connectivity index (χ4n) is 5.59. The molecule has 3 aromatic rings. The van der Waals surface area contributed by atoms with E-state index in [4.69, 9.17) is 0 Å². The van der Waals surface area contributed by atoms with Crippen molar-refractivity contribution in [2.75, 3.05) is 0 Å². The number of hydrogen-bond acceptors (Lipinski definition) is 2. The van der Waals surface area contributed by atoms with Crippen molar-refractivity contribution in [3.63, 3.8) is 0 Å². The molecule has 1 fully saturated rings. The van der Waals surface area contributed by atoms with Crippen LogP contribution in [0.25, 0.3) is 11.8 Å². The number of fused-ring (bicyclic) bond motifs is 2. The molecule has 1 saturated carbocycles. The van der Waals surface area contributed by atoms with Crippen molar-refractivity contribution in [3.05, 3.63) is 88.5 Å². The van der Waals surface area contributed by atoms with Crippen molar-refractivity contribution >= 4 is 6.08 Å². The quantitative estimate of drug-likeness (QED) is 0.595. The van der Waals surface area contributed by atoms with E-state index in [1.54, 1.807) is 12.1 Å². The number of nitrogens with zero attached hydrogens (tertiary/aromatic N) is 2. The van der Waals surface area contributed by atoms with Gasteiger partial charge in [0.05, 0.1) is 23.7 Å². The van der Waals surface area contributed by atoms with Crippen LogP contribution >= 0.6 is 0 Å². The van der Waals surface area contributed by atoms with E-state index in [1.807, 2.05) is 10.9 Å². The van der Waals surface area contributed by atoms with Gasteiger partial charge in [0, 0.05) is 0 Å². The van der Waals surface area contributed by atoms with Crippen molar-refractivity contribution in [2.24, 2.45) is 11.3 Å². The van der Waals surface area contributed by atoms with E-state index in [0.29, 0.717) is 6.42 Å². The van der Waals surface area contributed by atoms with Crippen LogP contribution < -0.4 is 0 Å². The van der Waals surface area contributed by atoms with Crippen LogP contribution in [0.3, 0.4) is 0 Å². The Morgan fingerprint density at radius 3 is 2.65 bits per heavy atom. The Morgan fingerprint density at radius 1 is 1.16 bits per heavy atom. The first-order chi connectivity index (χ1) is 14.9. The minimum atomic E-state index is -0.370. The van der Waals surface area contributed by atoms with E-state index >= 15 is 0 Å². The fraction of sp³-hybridized carbons (Fsp3) is 0.370. The topological polar surface area (TPSA) is 38.1 Å². The van der Waals surface area contributed by atoms with E-state index in [1.165, 1.54) is 34.4 Å². The largest absolute Gasteiger partial charge is 0.392 e. The van der Waals surface area contributed by atoms with Gasteiger partial charge in [0.15, 0.2) is 0 Å². The SMILES string of the molecule is Cc1ccc(CC(O)C2CCCC3=Cc4c(cnn4-c4ccc(F)cc4)CC32C)cc1. The van der Waals surface area contributed by atoms with Gasteiger partial charge in [0.25, 0.3) is 0 Å². The van der Waals surface area contributed by atoms with E-state index in [2.05, 4.69) is 49.3 Å². The number of aliphatic hydroxyl groups excluding tert-OH is 1. The molecule has 2 aliphatic carbocycles. The molecule has 0 radical (unpaired) electrons. The molecule has 0 bridgehead atoms. The summed E-state index contributed by atoms with van der Waals surface area (Å²) in [5.74, 6) is -0.0236. The molecule has 2 aliphatic rings. The molecule has 2 aromatic carbocycles. The highest BCUT2D eigenvalue weighted by molar-refractivity contribution is 5.61. The Bertz CT molecular complexity index is 1110. The molecule has 0 amide bonds. The number of rotatable bonds is 4. The van der Waals surface area contributed by atoms with Gasteiger partial charge in [-0.25, -0.2) is 9.07 Å². The van der Waals surface area contributed by atoms with E-state index in [-0.39, 0.29) is 23.3 Å². The third kappa shape index (κ3) is 3.63. The van der Waals surface area contributed by atoms with Crippen LogP contribution in [0.15, 0.2) is 60.3 Å². The Balaban J connectivity index is 1.44. The van der Waals surface area contributed by atoms with Gasteiger partial charge < -0.3 is 5.11 Å². The third-order valence-corrected chi connectivity index (χ3v) is 7.37. The molecule has 1 aromatic heterocycles. The van der Waals surface area contributed by atoms with Gasteiger partial charge in [0.1, 0.15) is 5.82 Å². The maximum absolute atomic E-state index is 13.4. The number of aryl methyl sites for hydroxylation is 1. The molecule has 3 atom stereocenters. The zero-order valence-corrected chi connectivity index (χ0v) is 18.2. The molecule has 31 heavy (non-hydrogen) atoms. The van der Waals surface area contributed by atoms with E-state index in [9.17, 15) is 9.50 Å². The first-order valence-corrected chi connectivity index (χ1v) is 11.2. The van der Waals surface area contributed by atoms with Crippen LogP contribution in [-0.2, 0) is 12.8 Å². The summed E-state index contributed by atoms with van der Waals surface area (Å²) in [5.41, 5.74) is 6.94. The Hall–Kier alpha value is -2.72. The Labute approximate surface area is 183 Å². The van der Waals surface area contributed by atoms with Gasteiger partial charge in [-0.05, 0) is 91.8 Å². The molecule has 0 spiro atoms.